The number of likely N-dealkylation sites (N-methyl/N-ethyl adjacent to an activating group) is 1. The number of esters is 1. The van der Waals surface area contributed by atoms with Gasteiger partial charge in [0.25, 0.3) is 0 Å². The summed E-state index contributed by atoms with van der Waals surface area (Å²) >= 11 is 1.48. The second-order valence-corrected chi connectivity index (χ2v) is 5.43. The van der Waals surface area contributed by atoms with Crippen molar-refractivity contribution >= 4 is 17.3 Å². The Morgan fingerprint density at radius 1 is 1.53 bits per heavy atom. The van der Waals surface area contributed by atoms with Crippen molar-refractivity contribution in [2.24, 2.45) is 0 Å². The molecule has 2 rings (SSSR count). The Bertz CT molecular complexity index is 522. The lowest BCUT2D eigenvalue weighted by molar-refractivity contribution is 0.0606. The summed E-state index contributed by atoms with van der Waals surface area (Å²) in [6, 6.07) is 5.70. The first-order valence-corrected chi connectivity index (χ1v) is 6.83. The molecule has 0 bridgehead atoms. The molecule has 2 heterocycles. The topological polar surface area (TPSA) is 47.4 Å². The molecule has 0 aliphatic rings. The van der Waals surface area contributed by atoms with Gasteiger partial charge in [-0.05, 0) is 25.2 Å². The van der Waals surface area contributed by atoms with Crippen molar-refractivity contribution in [1.29, 1.82) is 0 Å². The first kappa shape index (κ1) is 13.8. The third kappa shape index (κ3) is 3.90. The van der Waals surface area contributed by atoms with E-state index in [4.69, 9.17) is 4.74 Å². The van der Waals surface area contributed by atoms with E-state index in [-0.39, 0.29) is 5.97 Å². The largest absolute Gasteiger partial charge is 0.465 e. The summed E-state index contributed by atoms with van der Waals surface area (Å²) in [7, 11) is 3.46. The Balaban J connectivity index is 1.83. The van der Waals surface area contributed by atoms with Crippen molar-refractivity contribution in [3.8, 4) is 0 Å². The SMILES string of the molecule is COC(=O)c1ccc(CN(C)CCn2cccn2)s1. The van der Waals surface area contributed by atoms with E-state index < -0.39 is 0 Å². The van der Waals surface area contributed by atoms with Crippen LogP contribution in [0.3, 0.4) is 0 Å². The van der Waals surface area contributed by atoms with E-state index in [1.807, 2.05) is 29.1 Å². The maximum Gasteiger partial charge on any atom is 0.348 e. The van der Waals surface area contributed by atoms with Crippen LogP contribution in [0.15, 0.2) is 30.6 Å². The third-order valence-electron chi connectivity index (χ3n) is 2.74. The van der Waals surface area contributed by atoms with Crippen LogP contribution in [-0.2, 0) is 17.8 Å². The molecule has 2 aromatic rings. The molecule has 2 aromatic heterocycles. The van der Waals surface area contributed by atoms with Crippen molar-refractivity contribution in [3.63, 3.8) is 0 Å². The minimum atomic E-state index is -0.268. The van der Waals surface area contributed by atoms with Crippen LogP contribution in [0.4, 0.5) is 0 Å². The Hall–Kier alpha value is -1.66. The van der Waals surface area contributed by atoms with Crippen LogP contribution in [0, 0.1) is 0 Å². The molecular formula is C13H17N3O2S. The van der Waals surface area contributed by atoms with Gasteiger partial charge in [-0.3, -0.25) is 9.58 Å². The van der Waals surface area contributed by atoms with Gasteiger partial charge in [0.15, 0.2) is 0 Å². The summed E-state index contributed by atoms with van der Waals surface area (Å²) in [6.45, 7) is 2.59. The van der Waals surface area contributed by atoms with E-state index in [1.54, 1.807) is 6.20 Å². The van der Waals surface area contributed by atoms with Gasteiger partial charge < -0.3 is 4.74 Å². The zero-order valence-corrected chi connectivity index (χ0v) is 11.9. The van der Waals surface area contributed by atoms with Crippen LogP contribution in [0.25, 0.3) is 0 Å². The zero-order chi connectivity index (χ0) is 13.7. The number of hydrogen-bond donors (Lipinski definition) is 0. The van der Waals surface area contributed by atoms with Crippen LogP contribution in [0.1, 0.15) is 14.5 Å². The fourth-order valence-electron chi connectivity index (χ4n) is 1.72. The number of aromatic nitrogens is 2. The number of hydrogen-bond acceptors (Lipinski definition) is 5. The second-order valence-electron chi connectivity index (χ2n) is 4.26. The molecule has 0 N–H and O–H groups in total. The molecule has 0 atom stereocenters. The number of nitrogens with zero attached hydrogens (tertiary/aromatic N) is 3. The Morgan fingerprint density at radius 2 is 2.37 bits per heavy atom. The molecule has 0 aliphatic heterocycles. The highest BCUT2D eigenvalue weighted by Gasteiger charge is 2.10. The standard InChI is InChI=1S/C13H17N3O2S/c1-15(8-9-16-7-3-6-14-16)10-11-4-5-12(19-11)13(17)18-2/h3-7H,8-10H2,1-2H3. The minimum absolute atomic E-state index is 0.268. The molecule has 0 saturated heterocycles. The molecule has 0 radical (unpaired) electrons. The number of methoxy groups -OCH3 is 1. The Labute approximate surface area is 116 Å². The average Bonchev–Trinajstić information content (AvgIpc) is 3.06. The molecule has 0 aliphatic carbocycles. The van der Waals surface area contributed by atoms with Crippen molar-refractivity contribution in [2.45, 2.75) is 13.1 Å². The van der Waals surface area contributed by atoms with E-state index >= 15 is 0 Å². The minimum Gasteiger partial charge on any atom is -0.465 e. The van der Waals surface area contributed by atoms with Crippen LogP contribution in [0.2, 0.25) is 0 Å². The number of thiophene rings is 1. The first-order chi connectivity index (χ1) is 9.19. The molecule has 0 amide bonds. The van der Waals surface area contributed by atoms with Crippen LogP contribution in [-0.4, -0.2) is 41.4 Å². The second kappa shape index (κ2) is 6.49. The quantitative estimate of drug-likeness (QED) is 0.757. The zero-order valence-electron chi connectivity index (χ0n) is 11.1. The smallest absolute Gasteiger partial charge is 0.348 e. The molecule has 19 heavy (non-hydrogen) atoms. The molecular weight excluding hydrogens is 262 g/mol. The normalized spacial score (nSPS) is 10.9. The van der Waals surface area contributed by atoms with E-state index in [0.717, 1.165) is 24.5 Å². The summed E-state index contributed by atoms with van der Waals surface area (Å²) in [6.07, 6.45) is 3.73. The van der Waals surface area contributed by atoms with Crippen molar-refractivity contribution < 1.29 is 9.53 Å². The fourth-order valence-corrected chi connectivity index (χ4v) is 2.73. The predicted molar refractivity (Wildman–Crippen MR) is 74.2 cm³/mol. The van der Waals surface area contributed by atoms with Crippen LogP contribution >= 0.6 is 11.3 Å². The molecule has 102 valence electrons. The highest BCUT2D eigenvalue weighted by atomic mass is 32.1. The summed E-state index contributed by atoms with van der Waals surface area (Å²) < 4.78 is 6.60. The van der Waals surface area contributed by atoms with Crippen LogP contribution < -0.4 is 0 Å². The number of ether oxygens (including phenoxy) is 1. The van der Waals surface area contributed by atoms with Crippen molar-refractivity contribution in [1.82, 2.24) is 14.7 Å². The number of carbonyl (C=O) groups excluding carboxylic acids is 1. The summed E-state index contributed by atoms with van der Waals surface area (Å²) in [5, 5.41) is 4.17. The summed E-state index contributed by atoms with van der Waals surface area (Å²) in [4.78, 5) is 15.4. The van der Waals surface area contributed by atoms with Crippen molar-refractivity contribution in [2.75, 3.05) is 20.7 Å². The van der Waals surface area contributed by atoms with E-state index in [2.05, 4.69) is 17.0 Å². The number of rotatable bonds is 6. The summed E-state index contributed by atoms with van der Waals surface area (Å²) in [5.41, 5.74) is 0. The van der Waals surface area contributed by atoms with Gasteiger partial charge in [-0.25, -0.2) is 4.79 Å². The van der Waals surface area contributed by atoms with Gasteiger partial charge in [-0.1, -0.05) is 0 Å². The van der Waals surface area contributed by atoms with Gasteiger partial charge in [-0.15, -0.1) is 11.3 Å². The van der Waals surface area contributed by atoms with Crippen molar-refractivity contribution in [3.05, 3.63) is 40.3 Å². The fraction of sp³-hybridized carbons (Fsp3) is 0.385. The van der Waals surface area contributed by atoms with Gasteiger partial charge >= 0.3 is 5.97 Å². The molecule has 6 heteroatoms. The molecule has 0 unspecified atom stereocenters. The molecule has 0 fully saturated rings. The average molecular weight is 279 g/mol. The van der Waals surface area contributed by atoms with E-state index in [1.165, 1.54) is 18.4 Å². The highest BCUT2D eigenvalue weighted by molar-refractivity contribution is 7.13. The van der Waals surface area contributed by atoms with Gasteiger partial charge in [0.1, 0.15) is 4.88 Å². The third-order valence-corrected chi connectivity index (χ3v) is 3.79. The monoisotopic (exact) mass is 279 g/mol. The molecule has 0 aromatic carbocycles. The molecule has 5 nitrogen and oxygen atoms in total. The number of carbonyl (C=O) groups is 1. The van der Waals surface area contributed by atoms with Gasteiger partial charge in [0.05, 0.1) is 13.7 Å². The maximum atomic E-state index is 11.4. The molecule has 0 spiro atoms. The predicted octanol–water partition coefficient (Wildman–Crippen LogP) is 1.86. The van der Waals surface area contributed by atoms with Crippen LogP contribution in [0.5, 0.6) is 0 Å². The van der Waals surface area contributed by atoms with E-state index in [9.17, 15) is 4.79 Å². The molecule has 0 saturated carbocycles. The first-order valence-electron chi connectivity index (χ1n) is 6.02. The lowest BCUT2D eigenvalue weighted by atomic mass is 10.4. The maximum absolute atomic E-state index is 11.4. The highest BCUT2D eigenvalue weighted by Crippen LogP contribution is 2.18. The lowest BCUT2D eigenvalue weighted by Crippen LogP contribution is -2.22. The van der Waals surface area contributed by atoms with Gasteiger partial charge in [0.2, 0.25) is 0 Å². The Kier molecular flexibility index (Phi) is 4.70. The lowest BCUT2D eigenvalue weighted by Gasteiger charge is -2.15. The van der Waals surface area contributed by atoms with Gasteiger partial charge in [0, 0.05) is 30.4 Å². The summed E-state index contributed by atoms with van der Waals surface area (Å²) in [5.74, 6) is -0.268. The Morgan fingerprint density at radius 3 is 3.05 bits per heavy atom. The van der Waals surface area contributed by atoms with E-state index in [0.29, 0.717) is 4.88 Å². The van der Waals surface area contributed by atoms with Gasteiger partial charge in [-0.2, -0.15) is 5.10 Å².